The SMILES string of the molecule is CC[C@H](C)[C@H](NC(=O)[C@H](C)NC(=O)CN)C(=O)N[C@H](C(=O)NCC(=O)O)[C@@H](C)CC. The summed E-state index contributed by atoms with van der Waals surface area (Å²) in [7, 11) is 0. The zero-order valence-corrected chi connectivity index (χ0v) is 18.3. The highest BCUT2D eigenvalue weighted by molar-refractivity contribution is 5.94. The molecule has 0 rings (SSSR count). The van der Waals surface area contributed by atoms with E-state index < -0.39 is 54.3 Å². The van der Waals surface area contributed by atoms with Crippen LogP contribution in [0.4, 0.5) is 0 Å². The molecule has 0 aliphatic heterocycles. The lowest BCUT2D eigenvalue weighted by Gasteiger charge is -2.29. The number of carboxylic acids is 1. The molecular weight excluding hydrogens is 394 g/mol. The maximum atomic E-state index is 12.9. The molecule has 0 radical (unpaired) electrons. The molecule has 11 heteroatoms. The Morgan fingerprint density at radius 1 is 0.800 bits per heavy atom. The quantitative estimate of drug-likeness (QED) is 0.211. The van der Waals surface area contributed by atoms with Crippen molar-refractivity contribution in [1.82, 2.24) is 21.3 Å². The number of nitrogens with two attached hydrogens (primary N) is 1. The van der Waals surface area contributed by atoms with Crippen molar-refractivity contribution in [2.45, 2.75) is 65.6 Å². The van der Waals surface area contributed by atoms with Gasteiger partial charge in [-0.1, -0.05) is 40.5 Å². The van der Waals surface area contributed by atoms with E-state index in [1.165, 1.54) is 6.92 Å². The zero-order valence-electron chi connectivity index (χ0n) is 18.3. The van der Waals surface area contributed by atoms with Gasteiger partial charge in [0.05, 0.1) is 6.54 Å². The minimum absolute atomic E-state index is 0.258. The van der Waals surface area contributed by atoms with E-state index in [0.717, 1.165) is 0 Å². The molecule has 11 nitrogen and oxygen atoms in total. The largest absolute Gasteiger partial charge is 0.480 e. The molecule has 0 bridgehead atoms. The van der Waals surface area contributed by atoms with E-state index in [-0.39, 0.29) is 18.4 Å². The molecule has 0 aliphatic rings. The van der Waals surface area contributed by atoms with Crippen LogP contribution < -0.4 is 27.0 Å². The third kappa shape index (κ3) is 9.21. The second-order valence-electron chi connectivity index (χ2n) is 7.35. The summed E-state index contributed by atoms with van der Waals surface area (Å²) >= 11 is 0. The lowest BCUT2D eigenvalue weighted by atomic mass is 9.94. The topological polar surface area (TPSA) is 180 Å². The van der Waals surface area contributed by atoms with E-state index in [2.05, 4.69) is 21.3 Å². The summed E-state index contributed by atoms with van der Waals surface area (Å²) in [5, 5.41) is 18.7. The molecule has 0 saturated carbocycles. The molecule has 5 atom stereocenters. The Morgan fingerprint density at radius 3 is 1.70 bits per heavy atom. The smallest absolute Gasteiger partial charge is 0.322 e. The van der Waals surface area contributed by atoms with Crippen molar-refractivity contribution in [1.29, 1.82) is 0 Å². The molecule has 4 amide bonds. The van der Waals surface area contributed by atoms with Gasteiger partial charge in [0.25, 0.3) is 0 Å². The van der Waals surface area contributed by atoms with Crippen molar-refractivity contribution in [2.24, 2.45) is 17.6 Å². The molecule has 0 fully saturated rings. The Hall–Kier alpha value is -2.69. The van der Waals surface area contributed by atoms with E-state index in [1.807, 2.05) is 13.8 Å². The molecule has 7 N–H and O–H groups in total. The van der Waals surface area contributed by atoms with Crippen LogP contribution in [0.2, 0.25) is 0 Å². The van der Waals surface area contributed by atoms with Gasteiger partial charge in [-0.25, -0.2) is 0 Å². The van der Waals surface area contributed by atoms with Crippen molar-refractivity contribution in [3.05, 3.63) is 0 Å². The molecule has 0 unspecified atom stereocenters. The summed E-state index contributed by atoms with van der Waals surface area (Å²) in [5.41, 5.74) is 5.23. The molecule has 0 aromatic heterocycles. The zero-order chi connectivity index (χ0) is 23.4. The number of hydrogen-bond acceptors (Lipinski definition) is 6. The van der Waals surface area contributed by atoms with Crippen LogP contribution in [0.5, 0.6) is 0 Å². The highest BCUT2D eigenvalue weighted by atomic mass is 16.4. The van der Waals surface area contributed by atoms with Crippen LogP contribution in [-0.4, -0.2) is 65.9 Å². The van der Waals surface area contributed by atoms with E-state index in [4.69, 9.17) is 10.8 Å². The van der Waals surface area contributed by atoms with Gasteiger partial charge in [0.15, 0.2) is 0 Å². The Kier molecular flexibility index (Phi) is 12.3. The average molecular weight is 430 g/mol. The van der Waals surface area contributed by atoms with Crippen LogP contribution in [0.3, 0.4) is 0 Å². The van der Waals surface area contributed by atoms with Crippen LogP contribution >= 0.6 is 0 Å². The van der Waals surface area contributed by atoms with Gasteiger partial charge < -0.3 is 32.1 Å². The summed E-state index contributed by atoms with van der Waals surface area (Å²) in [4.78, 5) is 59.9. The lowest BCUT2D eigenvalue weighted by Crippen LogP contribution is -2.59. The van der Waals surface area contributed by atoms with Gasteiger partial charge in [0.1, 0.15) is 24.7 Å². The maximum Gasteiger partial charge on any atom is 0.322 e. The number of carboxylic acid groups (broad SMARTS) is 1. The minimum Gasteiger partial charge on any atom is -0.480 e. The number of carbonyl (C=O) groups is 5. The normalized spacial score (nSPS) is 15.7. The predicted octanol–water partition coefficient (Wildman–Crippen LogP) is -1.29. The Labute approximate surface area is 176 Å². The van der Waals surface area contributed by atoms with Gasteiger partial charge in [-0.3, -0.25) is 24.0 Å². The van der Waals surface area contributed by atoms with Crippen LogP contribution in [0.1, 0.15) is 47.5 Å². The van der Waals surface area contributed by atoms with Crippen molar-refractivity contribution < 1.29 is 29.1 Å². The number of rotatable bonds is 13. The Morgan fingerprint density at radius 2 is 1.27 bits per heavy atom. The Bertz CT molecular complexity index is 627. The standard InChI is InChI=1S/C19H35N5O6/c1-6-10(3)15(18(29)21-9-14(26)27)24-19(30)16(11(4)7-2)23-17(28)12(5)22-13(25)8-20/h10-12,15-16H,6-9,20H2,1-5H3,(H,21,29)(H,22,25)(H,23,28)(H,24,30)(H,26,27)/t10-,11-,12-,15-,16-/m0/s1. The average Bonchev–Trinajstić information content (AvgIpc) is 2.72. The van der Waals surface area contributed by atoms with Gasteiger partial charge in [-0.15, -0.1) is 0 Å². The molecule has 0 heterocycles. The van der Waals surface area contributed by atoms with Gasteiger partial charge in [0.2, 0.25) is 23.6 Å². The van der Waals surface area contributed by atoms with Crippen molar-refractivity contribution in [3.63, 3.8) is 0 Å². The monoisotopic (exact) mass is 429 g/mol. The summed E-state index contributed by atoms with van der Waals surface area (Å²) in [6.07, 6.45) is 1.13. The summed E-state index contributed by atoms with van der Waals surface area (Å²) in [6.45, 7) is 7.85. The van der Waals surface area contributed by atoms with E-state index >= 15 is 0 Å². The third-order valence-electron chi connectivity index (χ3n) is 4.96. The summed E-state index contributed by atoms with van der Waals surface area (Å²) < 4.78 is 0. The number of aliphatic carboxylic acids is 1. The molecule has 0 aromatic carbocycles. The first-order chi connectivity index (χ1) is 14.0. The second-order valence-corrected chi connectivity index (χ2v) is 7.35. The van der Waals surface area contributed by atoms with Crippen molar-refractivity contribution >= 4 is 29.6 Å². The minimum atomic E-state index is -1.20. The molecule has 0 saturated heterocycles. The van der Waals surface area contributed by atoms with E-state index in [0.29, 0.717) is 12.8 Å². The highest BCUT2D eigenvalue weighted by Crippen LogP contribution is 2.12. The highest BCUT2D eigenvalue weighted by Gasteiger charge is 2.33. The first-order valence-corrected chi connectivity index (χ1v) is 10.1. The molecule has 0 spiro atoms. The Balaban J connectivity index is 5.37. The molecule has 0 aliphatic carbocycles. The predicted molar refractivity (Wildman–Crippen MR) is 110 cm³/mol. The third-order valence-corrected chi connectivity index (χ3v) is 4.96. The molecule has 30 heavy (non-hydrogen) atoms. The number of nitrogens with one attached hydrogen (secondary N) is 4. The van der Waals surface area contributed by atoms with Gasteiger partial charge in [-0.2, -0.15) is 0 Å². The number of hydrogen-bond donors (Lipinski definition) is 6. The van der Waals surface area contributed by atoms with Crippen LogP contribution in [0, 0.1) is 11.8 Å². The second kappa shape index (κ2) is 13.5. The fraction of sp³-hybridized carbons (Fsp3) is 0.737. The van der Waals surface area contributed by atoms with Crippen LogP contribution in [0.25, 0.3) is 0 Å². The first kappa shape index (κ1) is 27.3. The van der Waals surface area contributed by atoms with Gasteiger partial charge in [0, 0.05) is 0 Å². The fourth-order valence-corrected chi connectivity index (χ4v) is 2.56. The van der Waals surface area contributed by atoms with Crippen LogP contribution in [-0.2, 0) is 24.0 Å². The fourth-order valence-electron chi connectivity index (χ4n) is 2.56. The van der Waals surface area contributed by atoms with Gasteiger partial charge >= 0.3 is 5.97 Å². The van der Waals surface area contributed by atoms with E-state index in [1.54, 1.807) is 13.8 Å². The van der Waals surface area contributed by atoms with Crippen LogP contribution in [0.15, 0.2) is 0 Å². The molecule has 172 valence electrons. The van der Waals surface area contributed by atoms with Crippen molar-refractivity contribution in [2.75, 3.05) is 13.1 Å². The van der Waals surface area contributed by atoms with Gasteiger partial charge in [-0.05, 0) is 18.8 Å². The number of amides is 4. The maximum absolute atomic E-state index is 12.9. The van der Waals surface area contributed by atoms with E-state index in [9.17, 15) is 24.0 Å². The summed E-state index contributed by atoms with van der Waals surface area (Å²) in [6, 6.07) is -2.80. The molecule has 0 aromatic rings. The number of carbonyl (C=O) groups excluding carboxylic acids is 4. The lowest BCUT2D eigenvalue weighted by molar-refractivity contribution is -0.139. The summed E-state index contributed by atoms with van der Waals surface area (Å²) in [5.74, 6) is -3.97. The van der Waals surface area contributed by atoms with Crippen molar-refractivity contribution in [3.8, 4) is 0 Å². The molecular formula is C19H35N5O6. The first-order valence-electron chi connectivity index (χ1n) is 10.1.